The van der Waals surface area contributed by atoms with Crippen LogP contribution < -0.4 is 0 Å². The first kappa shape index (κ1) is 15.8. The molecular formula is C19H25N3O. The number of hydrogen-bond donors (Lipinski definition) is 0. The Kier molecular flexibility index (Phi) is 4.53. The molecule has 1 fully saturated rings. The van der Waals surface area contributed by atoms with E-state index in [4.69, 9.17) is 0 Å². The molecule has 0 aliphatic carbocycles. The first-order valence-electron chi connectivity index (χ1n) is 8.26. The Morgan fingerprint density at radius 3 is 2.17 bits per heavy atom. The SMILES string of the molecule is CC(C)(CN1CCN(C(=O)c2ccccc2)CC1)n1cccc1. The fourth-order valence-corrected chi connectivity index (χ4v) is 3.24. The summed E-state index contributed by atoms with van der Waals surface area (Å²) in [6.07, 6.45) is 4.24. The number of piperazine rings is 1. The van der Waals surface area contributed by atoms with Crippen molar-refractivity contribution >= 4 is 5.91 Å². The number of benzene rings is 1. The number of nitrogens with zero attached hydrogens (tertiary/aromatic N) is 3. The fourth-order valence-electron chi connectivity index (χ4n) is 3.24. The Hall–Kier alpha value is -2.07. The molecule has 1 saturated heterocycles. The molecule has 1 aliphatic rings. The molecule has 0 N–H and O–H groups in total. The second-order valence-corrected chi connectivity index (χ2v) is 6.84. The zero-order valence-electron chi connectivity index (χ0n) is 14.0. The van der Waals surface area contributed by atoms with Crippen molar-refractivity contribution < 1.29 is 4.79 Å². The second kappa shape index (κ2) is 6.59. The highest BCUT2D eigenvalue weighted by Crippen LogP contribution is 2.18. The molecule has 0 atom stereocenters. The summed E-state index contributed by atoms with van der Waals surface area (Å²) in [4.78, 5) is 16.9. The Balaban J connectivity index is 1.56. The van der Waals surface area contributed by atoms with Crippen LogP contribution in [0.4, 0.5) is 0 Å². The van der Waals surface area contributed by atoms with Crippen LogP contribution in [0.5, 0.6) is 0 Å². The lowest BCUT2D eigenvalue weighted by Crippen LogP contribution is -2.52. The quantitative estimate of drug-likeness (QED) is 0.868. The minimum absolute atomic E-state index is 0.0646. The van der Waals surface area contributed by atoms with Crippen molar-refractivity contribution in [3.63, 3.8) is 0 Å². The van der Waals surface area contributed by atoms with Gasteiger partial charge < -0.3 is 9.47 Å². The summed E-state index contributed by atoms with van der Waals surface area (Å²) in [7, 11) is 0. The molecule has 0 unspecified atom stereocenters. The van der Waals surface area contributed by atoms with Crippen molar-refractivity contribution in [2.45, 2.75) is 19.4 Å². The minimum atomic E-state index is 0.0646. The molecule has 0 spiro atoms. The average Bonchev–Trinajstić information content (AvgIpc) is 3.11. The molecule has 1 aliphatic heterocycles. The summed E-state index contributed by atoms with van der Waals surface area (Å²) in [6, 6.07) is 13.7. The maximum atomic E-state index is 12.5. The Labute approximate surface area is 138 Å². The number of carbonyl (C=O) groups excluding carboxylic acids is 1. The minimum Gasteiger partial charge on any atom is -0.348 e. The number of carbonyl (C=O) groups is 1. The highest BCUT2D eigenvalue weighted by atomic mass is 16.2. The van der Waals surface area contributed by atoms with E-state index in [0.29, 0.717) is 0 Å². The van der Waals surface area contributed by atoms with E-state index in [-0.39, 0.29) is 11.4 Å². The molecule has 2 heterocycles. The molecule has 0 saturated carbocycles. The van der Waals surface area contributed by atoms with E-state index in [1.54, 1.807) is 0 Å². The summed E-state index contributed by atoms with van der Waals surface area (Å²) >= 11 is 0. The van der Waals surface area contributed by atoms with Crippen LogP contribution in [-0.4, -0.2) is 53.0 Å². The van der Waals surface area contributed by atoms with Crippen LogP contribution in [-0.2, 0) is 5.54 Å². The highest BCUT2D eigenvalue weighted by Gasteiger charge is 2.27. The predicted octanol–water partition coefficient (Wildman–Crippen LogP) is 2.68. The van der Waals surface area contributed by atoms with Gasteiger partial charge in [-0.15, -0.1) is 0 Å². The van der Waals surface area contributed by atoms with Gasteiger partial charge in [-0.2, -0.15) is 0 Å². The second-order valence-electron chi connectivity index (χ2n) is 6.84. The zero-order valence-corrected chi connectivity index (χ0v) is 14.0. The van der Waals surface area contributed by atoms with Crippen molar-refractivity contribution in [2.75, 3.05) is 32.7 Å². The first-order valence-corrected chi connectivity index (χ1v) is 8.26. The molecule has 0 radical (unpaired) electrons. The zero-order chi connectivity index (χ0) is 16.3. The van der Waals surface area contributed by atoms with Crippen LogP contribution in [0, 0.1) is 0 Å². The summed E-state index contributed by atoms with van der Waals surface area (Å²) in [5, 5.41) is 0. The molecule has 1 aromatic carbocycles. The van der Waals surface area contributed by atoms with Gasteiger partial charge in [-0.3, -0.25) is 9.69 Å². The Morgan fingerprint density at radius 1 is 0.957 bits per heavy atom. The standard InChI is InChI=1S/C19H25N3O/c1-19(2,22-10-6-7-11-22)16-20-12-14-21(15-13-20)18(23)17-8-4-3-5-9-17/h3-11H,12-16H2,1-2H3. The third-order valence-electron chi connectivity index (χ3n) is 4.59. The molecule has 1 amide bonds. The van der Waals surface area contributed by atoms with Crippen molar-refractivity contribution in [1.29, 1.82) is 0 Å². The van der Waals surface area contributed by atoms with E-state index in [2.05, 4.69) is 47.8 Å². The van der Waals surface area contributed by atoms with Crippen LogP contribution in [0.25, 0.3) is 0 Å². The van der Waals surface area contributed by atoms with Gasteiger partial charge in [-0.05, 0) is 38.1 Å². The van der Waals surface area contributed by atoms with Crippen LogP contribution in [0.2, 0.25) is 0 Å². The number of rotatable bonds is 4. The van der Waals surface area contributed by atoms with E-state index < -0.39 is 0 Å². The molecule has 4 nitrogen and oxygen atoms in total. The molecule has 1 aromatic heterocycles. The maximum absolute atomic E-state index is 12.5. The molecule has 4 heteroatoms. The van der Waals surface area contributed by atoms with Gasteiger partial charge in [0.2, 0.25) is 0 Å². The smallest absolute Gasteiger partial charge is 0.253 e. The van der Waals surface area contributed by atoms with Gasteiger partial charge in [-0.25, -0.2) is 0 Å². The van der Waals surface area contributed by atoms with Gasteiger partial charge in [0.15, 0.2) is 0 Å². The van der Waals surface area contributed by atoms with Crippen molar-refractivity contribution in [1.82, 2.24) is 14.4 Å². The highest BCUT2D eigenvalue weighted by molar-refractivity contribution is 5.94. The third-order valence-corrected chi connectivity index (χ3v) is 4.59. The number of aromatic nitrogens is 1. The predicted molar refractivity (Wildman–Crippen MR) is 92.5 cm³/mol. The van der Waals surface area contributed by atoms with Crippen molar-refractivity contribution in [2.24, 2.45) is 0 Å². The summed E-state index contributed by atoms with van der Waals surface area (Å²) in [6.45, 7) is 8.98. The summed E-state index contributed by atoms with van der Waals surface area (Å²) in [5.74, 6) is 0.148. The Morgan fingerprint density at radius 2 is 1.57 bits per heavy atom. The lowest BCUT2D eigenvalue weighted by molar-refractivity contribution is 0.0587. The van der Waals surface area contributed by atoms with Crippen LogP contribution in [0.3, 0.4) is 0 Å². The molecule has 3 rings (SSSR count). The average molecular weight is 311 g/mol. The summed E-state index contributed by atoms with van der Waals surface area (Å²) < 4.78 is 2.26. The van der Waals surface area contributed by atoms with E-state index in [1.165, 1.54) is 0 Å². The lowest BCUT2D eigenvalue weighted by atomic mass is 10.0. The van der Waals surface area contributed by atoms with Gasteiger partial charge >= 0.3 is 0 Å². The third kappa shape index (κ3) is 3.64. The van der Waals surface area contributed by atoms with Gasteiger partial charge in [-0.1, -0.05) is 18.2 Å². The maximum Gasteiger partial charge on any atom is 0.253 e. The van der Waals surface area contributed by atoms with Crippen LogP contribution in [0.1, 0.15) is 24.2 Å². The molecule has 2 aromatic rings. The van der Waals surface area contributed by atoms with E-state index in [1.807, 2.05) is 35.2 Å². The van der Waals surface area contributed by atoms with Gasteiger partial charge in [0.05, 0.1) is 5.54 Å². The van der Waals surface area contributed by atoms with Crippen molar-refractivity contribution in [3.05, 3.63) is 60.4 Å². The van der Waals surface area contributed by atoms with Crippen LogP contribution >= 0.6 is 0 Å². The van der Waals surface area contributed by atoms with E-state index in [9.17, 15) is 4.79 Å². The molecule has 23 heavy (non-hydrogen) atoms. The van der Waals surface area contributed by atoms with Crippen molar-refractivity contribution in [3.8, 4) is 0 Å². The number of hydrogen-bond acceptors (Lipinski definition) is 2. The van der Waals surface area contributed by atoms with Gasteiger partial charge in [0.25, 0.3) is 5.91 Å². The molecular weight excluding hydrogens is 286 g/mol. The largest absolute Gasteiger partial charge is 0.348 e. The van der Waals surface area contributed by atoms with E-state index >= 15 is 0 Å². The molecule has 122 valence electrons. The normalized spacial score (nSPS) is 16.5. The lowest BCUT2D eigenvalue weighted by Gasteiger charge is -2.39. The van der Waals surface area contributed by atoms with Gasteiger partial charge in [0.1, 0.15) is 0 Å². The summed E-state index contributed by atoms with van der Waals surface area (Å²) in [5.41, 5.74) is 0.850. The topological polar surface area (TPSA) is 28.5 Å². The Bertz CT molecular complexity index is 626. The monoisotopic (exact) mass is 311 g/mol. The fraction of sp³-hybridized carbons (Fsp3) is 0.421. The van der Waals surface area contributed by atoms with Crippen LogP contribution in [0.15, 0.2) is 54.9 Å². The van der Waals surface area contributed by atoms with E-state index in [0.717, 1.165) is 38.3 Å². The number of amides is 1. The molecule has 0 bridgehead atoms. The first-order chi connectivity index (χ1) is 11.1. The van der Waals surface area contributed by atoms with Gasteiger partial charge in [0, 0.05) is 50.7 Å².